The molecule has 56 heavy (non-hydrogen) atoms. The number of halogens is 1. The Hall–Kier alpha value is -6.23. The summed E-state index contributed by atoms with van der Waals surface area (Å²) in [5.41, 5.74) is 2.42. The highest BCUT2D eigenvalue weighted by molar-refractivity contribution is 6.23. The Labute approximate surface area is 319 Å². The first-order chi connectivity index (χ1) is 26.9. The second-order valence-corrected chi connectivity index (χ2v) is 15.3. The summed E-state index contributed by atoms with van der Waals surface area (Å²) in [6.45, 7) is 5.79. The molecule has 9 rings (SSSR count). The fraction of sp³-hybridized carbons (Fsp3) is 0.385. The molecule has 1 atom stereocenters. The quantitative estimate of drug-likeness (QED) is 0.211. The fourth-order valence-electron chi connectivity index (χ4n) is 8.22. The monoisotopic (exact) mass is 762 g/mol. The number of benzene rings is 1. The summed E-state index contributed by atoms with van der Waals surface area (Å²) in [6, 6.07) is 7.36. The first kappa shape index (κ1) is 35.5. The number of carbonyl (C=O) groups is 5. The Balaban J connectivity index is 0.822. The molecule has 0 aliphatic carbocycles. The number of ether oxygens (including phenoxy) is 1. The summed E-state index contributed by atoms with van der Waals surface area (Å²) in [7, 11) is 0. The van der Waals surface area contributed by atoms with Gasteiger partial charge in [-0.2, -0.15) is 5.10 Å². The fourth-order valence-corrected chi connectivity index (χ4v) is 8.22. The predicted octanol–water partition coefficient (Wildman–Crippen LogP) is 3.23. The Kier molecular flexibility index (Phi) is 8.56. The number of likely N-dealkylation sites (tertiary alicyclic amines) is 1. The summed E-state index contributed by atoms with van der Waals surface area (Å²) < 4.78 is 25.6. The molecular weight excluding hydrogens is 723 g/mol. The van der Waals surface area contributed by atoms with Gasteiger partial charge in [-0.05, 0) is 70.5 Å². The number of hydrogen-bond acceptors (Lipinski definition) is 11. The number of pyridine rings is 1. The summed E-state index contributed by atoms with van der Waals surface area (Å²) in [5.74, 6) is -1.95. The molecule has 0 saturated carbocycles. The SMILES string of the molecule is CC(C)Oc1cc2nc(C3CCN(CC4(F)CN(c5ccc6c(c5)C(=O)N(C5CCC(=O)NC5=O)C6=O)C4)CC3)cn2cc1NC(=O)c1cnn2cccnc12. The van der Waals surface area contributed by atoms with Crippen LogP contribution in [0.5, 0.6) is 5.75 Å². The highest BCUT2D eigenvalue weighted by Gasteiger charge is 2.48. The number of carbonyl (C=O) groups excluding carboxylic acids is 5. The molecular formula is C39H39FN10O6. The molecule has 16 nitrogen and oxygen atoms in total. The number of aromatic nitrogens is 5. The number of fused-ring (bicyclic) bond motifs is 3. The van der Waals surface area contributed by atoms with Crippen molar-refractivity contribution in [3.8, 4) is 5.75 Å². The molecule has 0 radical (unpaired) electrons. The number of alkyl halides is 1. The lowest BCUT2D eigenvalue weighted by molar-refractivity contribution is -0.136. The number of nitrogens with zero attached hydrogens (tertiary/aromatic N) is 8. The van der Waals surface area contributed by atoms with Crippen LogP contribution in [0.3, 0.4) is 0 Å². The predicted molar refractivity (Wildman–Crippen MR) is 199 cm³/mol. The van der Waals surface area contributed by atoms with E-state index in [-0.39, 0.29) is 61.5 Å². The molecule has 0 bridgehead atoms. The number of nitrogens with one attached hydrogen (secondary N) is 2. The molecule has 288 valence electrons. The van der Waals surface area contributed by atoms with Gasteiger partial charge in [-0.3, -0.25) is 39.1 Å². The molecule has 4 aliphatic heterocycles. The van der Waals surface area contributed by atoms with E-state index in [0.29, 0.717) is 47.1 Å². The molecule has 3 saturated heterocycles. The average molecular weight is 763 g/mol. The maximum atomic E-state index is 16.1. The van der Waals surface area contributed by atoms with Crippen LogP contribution in [0.15, 0.2) is 61.3 Å². The molecule has 1 aromatic carbocycles. The maximum Gasteiger partial charge on any atom is 0.262 e. The number of hydrogen-bond donors (Lipinski definition) is 2. The van der Waals surface area contributed by atoms with Gasteiger partial charge in [-0.15, -0.1) is 0 Å². The van der Waals surface area contributed by atoms with Crippen LogP contribution < -0.4 is 20.3 Å². The van der Waals surface area contributed by atoms with Crippen LogP contribution in [0, 0.1) is 0 Å². The molecule has 3 fully saturated rings. The number of amides is 5. The average Bonchev–Trinajstić information content (AvgIpc) is 3.85. The molecule has 5 amide bonds. The van der Waals surface area contributed by atoms with Gasteiger partial charge >= 0.3 is 0 Å². The van der Waals surface area contributed by atoms with Gasteiger partial charge in [-0.25, -0.2) is 18.9 Å². The minimum Gasteiger partial charge on any atom is -0.489 e. The van der Waals surface area contributed by atoms with Crippen LogP contribution >= 0.6 is 0 Å². The number of anilines is 2. The van der Waals surface area contributed by atoms with Crippen molar-refractivity contribution in [2.45, 2.75) is 63.3 Å². The third-order valence-electron chi connectivity index (χ3n) is 11.0. The number of rotatable bonds is 9. The van der Waals surface area contributed by atoms with Crippen molar-refractivity contribution < 1.29 is 33.1 Å². The minimum absolute atomic E-state index is 0.0446. The summed E-state index contributed by atoms with van der Waals surface area (Å²) in [4.78, 5) is 77.8. The first-order valence-corrected chi connectivity index (χ1v) is 18.7. The molecule has 5 aromatic rings. The van der Waals surface area contributed by atoms with Crippen molar-refractivity contribution in [3.63, 3.8) is 0 Å². The zero-order chi connectivity index (χ0) is 38.9. The van der Waals surface area contributed by atoms with E-state index in [0.717, 1.165) is 23.4 Å². The van der Waals surface area contributed by atoms with Gasteiger partial charge in [0.15, 0.2) is 11.3 Å². The van der Waals surface area contributed by atoms with E-state index in [9.17, 15) is 24.0 Å². The third-order valence-corrected chi connectivity index (χ3v) is 11.0. The van der Waals surface area contributed by atoms with Gasteiger partial charge in [0.25, 0.3) is 17.7 Å². The lowest BCUT2D eigenvalue weighted by atomic mass is 9.90. The van der Waals surface area contributed by atoms with E-state index in [1.165, 1.54) is 10.7 Å². The largest absolute Gasteiger partial charge is 0.489 e. The van der Waals surface area contributed by atoms with Crippen molar-refractivity contribution in [2.75, 3.05) is 42.9 Å². The Morgan fingerprint density at radius 1 is 1.05 bits per heavy atom. The smallest absolute Gasteiger partial charge is 0.262 e. The second kappa shape index (κ2) is 13.5. The van der Waals surface area contributed by atoms with Crippen molar-refractivity contribution in [2.24, 2.45) is 0 Å². The van der Waals surface area contributed by atoms with Crippen LogP contribution in [0.25, 0.3) is 11.3 Å². The van der Waals surface area contributed by atoms with Crippen LogP contribution in [0.4, 0.5) is 15.8 Å². The van der Waals surface area contributed by atoms with E-state index in [2.05, 4.69) is 25.6 Å². The van der Waals surface area contributed by atoms with Gasteiger partial charge < -0.3 is 19.4 Å². The first-order valence-electron chi connectivity index (χ1n) is 18.7. The number of imide groups is 2. The lowest BCUT2D eigenvalue weighted by Gasteiger charge is -2.48. The Morgan fingerprint density at radius 2 is 1.84 bits per heavy atom. The summed E-state index contributed by atoms with van der Waals surface area (Å²) in [6.07, 6.45) is 10.2. The highest BCUT2D eigenvalue weighted by Crippen LogP contribution is 2.37. The zero-order valence-corrected chi connectivity index (χ0v) is 30.8. The van der Waals surface area contributed by atoms with Crippen molar-refractivity contribution in [1.82, 2.24) is 39.1 Å². The van der Waals surface area contributed by atoms with Crippen LogP contribution in [0.2, 0.25) is 0 Å². The topological polar surface area (TPSA) is 176 Å². The van der Waals surface area contributed by atoms with Crippen LogP contribution in [-0.4, -0.2) is 114 Å². The highest BCUT2D eigenvalue weighted by atomic mass is 19.1. The normalized spacial score (nSPS) is 20.2. The summed E-state index contributed by atoms with van der Waals surface area (Å²) >= 11 is 0. The lowest BCUT2D eigenvalue weighted by Crippen LogP contribution is -2.64. The van der Waals surface area contributed by atoms with Gasteiger partial charge in [0, 0.05) is 55.4 Å². The molecule has 2 N–H and O–H groups in total. The second-order valence-electron chi connectivity index (χ2n) is 15.3. The standard InChI is InChI=1S/C39H39FN10O6/c1-22(2)56-31-15-32-43-28(17-47(32)18-29(31)44-35(52)27-16-42-49-11-3-10-41-34(27)49)23-8-12-46(13-9-23)19-39(40)20-48(21-39)24-4-5-25-26(14-24)38(55)50(37(25)54)30-6-7-33(51)45-36(30)53/h3-5,10-11,14-18,22-23,30H,6-9,12-13,19-21H2,1-2H3,(H,44,52)(H,45,51,53). The molecule has 4 aliphatic rings. The molecule has 4 aromatic heterocycles. The van der Waals surface area contributed by atoms with Crippen molar-refractivity contribution >= 4 is 52.2 Å². The third kappa shape index (κ3) is 6.30. The van der Waals surface area contributed by atoms with Crippen LogP contribution in [0.1, 0.15) is 82.2 Å². The molecule has 17 heteroatoms. The van der Waals surface area contributed by atoms with Gasteiger partial charge in [0.05, 0.1) is 42.2 Å². The Bertz CT molecular complexity index is 2450. The molecule has 8 heterocycles. The van der Waals surface area contributed by atoms with Gasteiger partial charge in [0.2, 0.25) is 11.8 Å². The number of imidazole rings is 1. The number of piperidine rings is 2. The minimum atomic E-state index is -1.44. The van der Waals surface area contributed by atoms with E-state index >= 15 is 4.39 Å². The van der Waals surface area contributed by atoms with E-state index in [4.69, 9.17) is 9.72 Å². The van der Waals surface area contributed by atoms with Gasteiger partial charge in [0.1, 0.15) is 28.7 Å². The van der Waals surface area contributed by atoms with Crippen molar-refractivity contribution in [3.05, 3.63) is 83.7 Å². The molecule has 1 unspecified atom stereocenters. The molecule has 0 spiro atoms. The van der Waals surface area contributed by atoms with E-state index in [1.807, 2.05) is 35.4 Å². The van der Waals surface area contributed by atoms with Crippen molar-refractivity contribution in [1.29, 1.82) is 0 Å². The van der Waals surface area contributed by atoms with Gasteiger partial charge in [-0.1, -0.05) is 0 Å². The maximum absolute atomic E-state index is 16.1. The van der Waals surface area contributed by atoms with E-state index < -0.39 is 35.3 Å². The van der Waals surface area contributed by atoms with E-state index in [1.54, 1.807) is 42.9 Å². The summed E-state index contributed by atoms with van der Waals surface area (Å²) in [5, 5.41) is 9.39. The van der Waals surface area contributed by atoms with Crippen LogP contribution in [-0.2, 0) is 9.59 Å². The Morgan fingerprint density at radius 3 is 2.61 bits per heavy atom. The zero-order valence-electron chi connectivity index (χ0n) is 30.8.